The van der Waals surface area contributed by atoms with Crippen LogP contribution < -0.4 is 16.8 Å². The highest BCUT2D eigenvalue weighted by atomic mass is 16.2. The number of nitrogens with one attached hydrogen (secondary N) is 1. The molecule has 0 aliphatic carbocycles. The molecule has 0 fully saturated rings. The van der Waals surface area contributed by atoms with Crippen LogP contribution >= 0.6 is 0 Å². The number of benzene rings is 1. The maximum atomic E-state index is 11.3. The zero-order valence-corrected chi connectivity index (χ0v) is 10.2. The van der Waals surface area contributed by atoms with Crippen molar-refractivity contribution in [1.29, 1.82) is 0 Å². The molecule has 1 atom stereocenters. The highest BCUT2D eigenvalue weighted by molar-refractivity contribution is 6.46. The summed E-state index contributed by atoms with van der Waals surface area (Å²) in [6.07, 6.45) is 0. The van der Waals surface area contributed by atoms with E-state index in [2.05, 4.69) is 10.3 Å². The van der Waals surface area contributed by atoms with Crippen molar-refractivity contribution in [3.63, 3.8) is 0 Å². The number of aryl methyl sites for hydroxylation is 2. The number of fused-ring (bicyclic) bond motifs is 1. The first kappa shape index (κ1) is 12.1. The van der Waals surface area contributed by atoms with E-state index < -0.39 is 17.9 Å². The predicted molar refractivity (Wildman–Crippen MR) is 68.8 cm³/mol. The lowest BCUT2D eigenvalue weighted by atomic mass is 10.0. The molecule has 0 saturated carbocycles. The SMILES string of the molecule is Cc1cc(C)c2c(c1)NC(C(N)=O)C(C(N)=O)=N2. The number of anilines is 1. The zero-order chi connectivity index (χ0) is 13.4. The minimum atomic E-state index is -0.976. The van der Waals surface area contributed by atoms with Crippen LogP contribution in [-0.2, 0) is 9.59 Å². The molecule has 1 aliphatic rings. The monoisotopic (exact) mass is 246 g/mol. The normalized spacial score (nSPS) is 17.4. The molecule has 0 spiro atoms. The topological polar surface area (TPSA) is 111 Å². The summed E-state index contributed by atoms with van der Waals surface area (Å²) >= 11 is 0. The lowest BCUT2D eigenvalue weighted by Crippen LogP contribution is -2.48. The second-order valence-corrected chi connectivity index (χ2v) is 4.32. The van der Waals surface area contributed by atoms with Crippen LogP contribution in [0.5, 0.6) is 0 Å². The van der Waals surface area contributed by atoms with Crippen LogP contribution in [0.2, 0.25) is 0 Å². The Balaban J connectivity index is 2.61. The molecule has 0 radical (unpaired) electrons. The van der Waals surface area contributed by atoms with Gasteiger partial charge in [0.15, 0.2) is 6.04 Å². The third-order valence-electron chi connectivity index (χ3n) is 2.79. The standard InChI is InChI=1S/C12H14N4O2/c1-5-3-6(2)8-7(4-5)15-9(11(13)17)10(16-8)12(14)18/h3-4,9,15H,1-2H3,(H2,13,17)(H2,14,18). The van der Waals surface area contributed by atoms with Gasteiger partial charge >= 0.3 is 0 Å². The van der Waals surface area contributed by atoms with Crippen molar-refractivity contribution in [1.82, 2.24) is 0 Å². The molecule has 0 aromatic heterocycles. The Kier molecular flexibility index (Phi) is 2.78. The Labute approximate surface area is 104 Å². The molecule has 5 N–H and O–H groups in total. The maximum absolute atomic E-state index is 11.3. The van der Waals surface area contributed by atoms with E-state index in [-0.39, 0.29) is 5.71 Å². The Morgan fingerprint density at radius 3 is 2.50 bits per heavy atom. The summed E-state index contributed by atoms with van der Waals surface area (Å²) in [6.45, 7) is 3.81. The second kappa shape index (κ2) is 4.14. The summed E-state index contributed by atoms with van der Waals surface area (Å²) in [6, 6.07) is 2.81. The number of carbonyl (C=O) groups excluding carboxylic acids is 2. The molecule has 94 valence electrons. The van der Waals surface area contributed by atoms with Crippen molar-refractivity contribution in [2.24, 2.45) is 16.5 Å². The van der Waals surface area contributed by atoms with E-state index in [9.17, 15) is 9.59 Å². The molecule has 0 saturated heterocycles. The molecular formula is C12H14N4O2. The molecule has 1 aromatic rings. The molecule has 1 unspecified atom stereocenters. The number of rotatable bonds is 2. The summed E-state index contributed by atoms with van der Waals surface area (Å²) in [5, 5.41) is 2.90. The van der Waals surface area contributed by atoms with E-state index in [4.69, 9.17) is 11.5 Å². The van der Waals surface area contributed by atoms with E-state index >= 15 is 0 Å². The lowest BCUT2D eigenvalue weighted by molar-refractivity contribution is -0.118. The average molecular weight is 246 g/mol. The molecule has 6 heteroatoms. The highest BCUT2D eigenvalue weighted by Crippen LogP contribution is 2.34. The van der Waals surface area contributed by atoms with Crippen LogP contribution in [0.15, 0.2) is 17.1 Å². The minimum Gasteiger partial charge on any atom is -0.368 e. The number of aliphatic imine (C=N–C) groups is 1. The van der Waals surface area contributed by atoms with Gasteiger partial charge in [0.1, 0.15) is 5.71 Å². The fourth-order valence-corrected chi connectivity index (χ4v) is 2.03. The van der Waals surface area contributed by atoms with Gasteiger partial charge in [-0.25, -0.2) is 4.99 Å². The van der Waals surface area contributed by atoms with Gasteiger partial charge in [-0.2, -0.15) is 0 Å². The van der Waals surface area contributed by atoms with E-state index in [1.807, 2.05) is 26.0 Å². The number of primary amides is 2. The van der Waals surface area contributed by atoms with E-state index in [0.29, 0.717) is 11.4 Å². The summed E-state index contributed by atoms with van der Waals surface area (Å²) in [5.41, 5.74) is 13.6. The number of nitrogens with zero attached hydrogens (tertiary/aromatic N) is 1. The van der Waals surface area contributed by atoms with E-state index in [1.165, 1.54) is 0 Å². The molecule has 1 heterocycles. The van der Waals surface area contributed by atoms with Gasteiger partial charge in [0.05, 0.1) is 11.4 Å². The van der Waals surface area contributed by atoms with Gasteiger partial charge in [-0.15, -0.1) is 0 Å². The van der Waals surface area contributed by atoms with E-state index in [0.717, 1.165) is 11.1 Å². The molecule has 1 aliphatic heterocycles. The average Bonchev–Trinajstić information content (AvgIpc) is 2.26. The van der Waals surface area contributed by atoms with Gasteiger partial charge in [0.2, 0.25) is 5.91 Å². The van der Waals surface area contributed by atoms with Crippen LogP contribution in [0.25, 0.3) is 0 Å². The Morgan fingerprint density at radius 1 is 1.28 bits per heavy atom. The van der Waals surface area contributed by atoms with Crippen molar-refractivity contribution in [3.05, 3.63) is 23.3 Å². The van der Waals surface area contributed by atoms with Crippen LogP contribution in [0.1, 0.15) is 11.1 Å². The summed E-state index contributed by atoms with van der Waals surface area (Å²) in [4.78, 5) is 26.8. The van der Waals surface area contributed by atoms with Crippen molar-refractivity contribution >= 4 is 28.9 Å². The van der Waals surface area contributed by atoms with Crippen LogP contribution in [0.3, 0.4) is 0 Å². The van der Waals surface area contributed by atoms with Crippen molar-refractivity contribution in [2.45, 2.75) is 19.9 Å². The zero-order valence-electron chi connectivity index (χ0n) is 10.2. The number of hydrogen-bond acceptors (Lipinski definition) is 4. The van der Waals surface area contributed by atoms with Gasteiger partial charge in [-0.3, -0.25) is 9.59 Å². The smallest absolute Gasteiger partial charge is 0.265 e. The maximum Gasteiger partial charge on any atom is 0.265 e. The molecule has 1 aromatic carbocycles. The number of nitrogens with two attached hydrogens (primary N) is 2. The highest BCUT2D eigenvalue weighted by Gasteiger charge is 2.31. The van der Waals surface area contributed by atoms with Crippen LogP contribution in [-0.4, -0.2) is 23.6 Å². The molecule has 2 amide bonds. The third-order valence-corrected chi connectivity index (χ3v) is 2.79. The summed E-state index contributed by atoms with van der Waals surface area (Å²) in [7, 11) is 0. The number of hydrogen-bond donors (Lipinski definition) is 3. The van der Waals surface area contributed by atoms with Crippen molar-refractivity contribution in [2.75, 3.05) is 5.32 Å². The van der Waals surface area contributed by atoms with Gasteiger partial charge in [-0.05, 0) is 31.0 Å². The molecule has 18 heavy (non-hydrogen) atoms. The third kappa shape index (κ3) is 1.92. The summed E-state index contributed by atoms with van der Waals surface area (Å²) < 4.78 is 0. The first-order valence-corrected chi connectivity index (χ1v) is 5.45. The molecule has 0 bridgehead atoms. The Morgan fingerprint density at radius 2 is 1.94 bits per heavy atom. The minimum absolute atomic E-state index is 0.0537. The van der Waals surface area contributed by atoms with Crippen molar-refractivity contribution < 1.29 is 9.59 Å². The van der Waals surface area contributed by atoms with E-state index in [1.54, 1.807) is 0 Å². The Hall–Kier alpha value is -2.37. The largest absolute Gasteiger partial charge is 0.368 e. The van der Waals surface area contributed by atoms with Gasteiger partial charge in [0.25, 0.3) is 5.91 Å². The molecule has 6 nitrogen and oxygen atoms in total. The fraction of sp³-hybridized carbons (Fsp3) is 0.250. The first-order chi connectivity index (χ1) is 8.40. The van der Waals surface area contributed by atoms with Gasteiger partial charge in [0, 0.05) is 0 Å². The van der Waals surface area contributed by atoms with Crippen molar-refractivity contribution in [3.8, 4) is 0 Å². The quantitative estimate of drug-likeness (QED) is 0.690. The van der Waals surface area contributed by atoms with Crippen LogP contribution in [0, 0.1) is 13.8 Å². The predicted octanol–water partition coefficient (Wildman–Crippen LogP) is 0.141. The van der Waals surface area contributed by atoms with Gasteiger partial charge < -0.3 is 16.8 Å². The van der Waals surface area contributed by atoms with Gasteiger partial charge in [-0.1, -0.05) is 6.07 Å². The number of carbonyl (C=O) groups is 2. The van der Waals surface area contributed by atoms with Crippen LogP contribution in [0.4, 0.5) is 11.4 Å². The lowest BCUT2D eigenvalue weighted by Gasteiger charge is -2.24. The number of amides is 2. The Bertz CT molecular complexity index is 578. The fourth-order valence-electron chi connectivity index (χ4n) is 2.03. The first-order valence-electron chi connectivity index (χ1n) is 5.45. The summed E-state index contributed by atoms with van der Waals surface area (Å²) in [5.74, 6) is -1.44. The molecule has 2 rings (SSSR count). The molecular weight excluding hydrogens is 232 g/mol. The second-order valence-electron chi connectivity index (χ2n) is 4.32.